The molecule has 4 atom stereocenters. The third-order valence-electron chi connectivity index (χ3n) is 6.56. The minimum Gasteiger partial charge on any atom is -0.518 e. The number of hydrogen-bond acceptors (Lipinski definition) is 3. The summed E-state index contributed by atoms with van der Waals surface area (Å²) in [5, 5.41) is 0. The lowest BCUT2D eigenvalue weighted by Crippen LogP contribution is -2.50. The average Bonchev–Trinajstić information content (AvgIpc) is 3.09. The van der Waals surface area contributed by atoms with Gasteiger partial charge < -0.3 is 8.85 Å². The first-order valence-corrected chi connectivity index (χ1v) is 13.4. The lowest BCUT2D eigenvalue weighted by atomic mass is 9.88. The Morgan fingerprint density at radius 2 is 1.48 bits per heavy atom. The standard InChI is InChI=1S/C20H38O3Si2/c1-12(2)22-24-19-11-16-9-17(19)18(10-16)20(21)23-25(13(3)4,14(5)6)15(7)8/h12-19H,9-11H2,1-8H3. The van der Waals surface area contributed by atoms with Crippen molar-refractivity contribution < 1.29 is 13.6 Å². The molecular weight excluding hydrogens is 344 g/mol. The molecule has 0 aromatic heterocycles. The van der Waals surface area contributed by atoms with Gasteiger partial charge in [0, 0.05) is 6.10 Å². The Balaban J connectivity index is 2.09. The average molecular weight is 383 g/mol. The van der Waals surface area contributed by atoms with E-state index in [9.17, 15) is 4.79 Å². The van der Waals surface area contributed by atoms with E-state index in [0.29, 0.717) is 43.8 Å². The van der Waals surface area contributed by atoms with Crippen LogP contribution < -0.4 is 0 Å². The molecule has 0 amide bonds. The van der Waals surface area contributed by atoms with Crippen LogP contribution in [0, 0.1) is 17.8 Å². The molecule has 0 aromatic carbocycles. The van der Waals surface area contributed by atoms with Crippen molar-refractivity contribution in [2.75, 3.05) is 0 Å². The molecule has 144 valence electrons. The van der Waals surface area contributed by atoms with Gasteiger partial charge in [0.15, 0.2) is 0 Å². The highest BCUT2D eigenvalue weighted by atomic mass is 28.4. The van der Waals surface area contributed by atoms with E-state index in [2.05, 4.69) is 55.4 Å². The molecule has 2 saturated carbocycles. The number of rotatable bonds is 8. The summed E-state index contributed by atoms with van der Waals surface area (Å²) < 4.78 is 12.4. The fourth-order valence-electron chi connectivity index (χ4n) is 5.58. The van der Waals surface area contributed by atoms with Crippen LogP contribution >= 0.6 is 0 Å². The Bertz CT molecular complexity index is 440. The van der Waals surface area contributed by atoms with Gasteiger partial charge in [-0.3, -0.25) is 4.79 Å². The molecule has 3 nitrogen and oxygen atoms in total. The van der Waals surface area contributed by atoms with E-state index < -0.39 is 8.32 Å². The summed E-state index contributed by atoms with van der Waals surface area (Å²) in [5.74, 6) is 1.45. The molecule has 0 spiro atoms. The minimum absolute atomic E-state index is 0.120. The first-order chi connectivity index (χ1) is 11.6. The summed E-state index contributed by atoms with van der Waals surface area (Å²) in [5.41, 5.74) is 1.94. The van der Waals surface area contributed by atoms with Crippen molar-refractivity contribution in [2.45, 2.75) is 103 Å². The lowest BCUT2D eigenvalue weighted by Gasteiger charge is -2.42. The third kappa shape index (κ3) is 4.24. The van der Waals surface area contributed by atoms with E-state index in [1.54, 1.807) is 0 Å². The SMILES string of the molecule is CC(C)O[Si]C1CC2CC(C(=O)O[Si](C(C)C)(C(C)C)C(C)C)C1C2. The Kier molecular flexibility index (Phi) is 6.99. The van der Waals surface area contributed by atoms with Crippen molar-refractivity contribution in [1.82, 2.24) is 0 Å². The summed E-state index contributed by atoms with van der Waals surface area (Å²) in [4.78, 5) is 13.2. The Morgan fingerprint density at radius 1 is 0.920 bits per heavy atom. The summed E-state index contributed by atoms with van der Waals surface area (Å²) in [6.07, 6.45) is 3.79. The van der Waals surface area contributed by atoms with Crippen molar-refractivity contribution in [3.63, 3.8) is 0 Å². The Hall–Kier alpha value is -0.136. The zero-order valence-electron chi connectivity index (χ0n) is 17.5. The molecule has 5 heteroatoms. The van der Waals surface area contributed by atoms with Crippen LogP contribution in [0.25, 0.3) is 0 Å². The molecule has 2 radical (unpaired) electrons. The predicted octanol–water partition coefficient (Wildman–Crippen LogP) is 5.58. The van der Waals surface area contributed by atoms with Gasteiger partial charge in [-0.15, -0.1) is 0 Å². The molecule has 0 N–H and O–H groups in total. The van der Waals surface area contributed by atoms with Crippen molar-refractivity contribution in [3.8, 4) is 0 Å². The van der Waals surface area contributed by atoms with Crippen LogP contribution in [0.1, 0.15) is 74.7 Å². The van der Waals surface area contributed by atoms with Gasteiger partial charge in [0.2, 0.25) is 9.76 Å². The molecule has 2 bridgehead atoms. The smallest absolute Gasteiger partial charge is 0.295 e. The number of carbonyl (C=O) groups is 1. The summed E-state index contributed by atoms with van der Waals surface area (Å²) in [6.45, 7) is 17.7. The monoisotopic (exact) mass is 382 g/mol. The van der Waals surface area contributed by atoms with Crippen LogP contribution in [-0.4, -0.2) is 30.2 Å². The molecule has 0 aliphatic heterocycles. The summed E-state index contributed by atoms with van der Waals surface area (Å²) in [6, 6.07) is 0. The molecule has 0 heterocycles. The molecule has 0 saturated heterocycles. The Morgan fingerprint density at radius 3 is 1.92 bits per heavy atom. The maximum absolute atomic E-state index is 13.2. The van der Waals surface area contributed by atoms with Gasteiger partial charge in [-0.25, -0.2) is 0 Å². The minimum atomic E-state index is -2.12. The normalized spacial score (nSPS) is 29.4. The first-order valence-electron chi connectivity index (χ1n) is 10.2. The molecule has 25 heavy (non-hydrogen) atoms. The molecule has 2 aliphatic rings. The quantitative estimate of drug-likeness (QED) is 0.514. The van der Waals surface area contributed by atoms with E-state index in [0.717, 1.165) is 6.42 Å². The van der Waals surface area contributed by atoms with Gasteiger partial charge in [0.25, 0.3) is 14.3 Å². The third-order valence-corrected chi connectivity index (χ3v) is 14.1. The van der Waals surface area contributed by atoms with Crippen molar-refractivity contribution in [2.24, 2.45) is 17.8 Å². The van der Waals surface area contributed by atoms with E-state index >= 15 is 0 Å². The molecule has 2 rings (SSSR count). The summed E-state index contributed by atoms with van der Waals surface area (Å²) in [7, 11) is -1.58. The fourth-order valence-corrected chi connectivity index (χ4v) is 12.2. The van der Waals surface area contributed by atoms with Gasteiger partial charge in [0.05, 0.1) is 5.92 Å². The van der Waals surface area contributed by atoms with Crippen LogP contribution in [0.5, 0.6) is 0 Å². The van der Waals surface area contributed by atoms with Gasteiger partial charge in [-0.1, -0.05) is 41.5 Å². The molecule has 2 fully saturated rings. The number of fused-ring (bicyclic) bond motifs is 2. The molecule has 2 aliphatic carbocycles. The lowest BCUT2D eigenvalue weighted by molar-refractivity contribution is -0.142. The van der Waals surface area contributed by atoms with Crippen molar-refractivity contribution in [1.29, 1.82) is 0 Å². The number of hydrogen-bond donors (Lipinski definition) is 0. The highest BCUT2D eigenvalue weighted by Gasteiger charge is 2.54. The second-order valence-corrected chi connectivity index (χ2v) is 16.1. The maximum Gasteiger partial charge on any atom is 0.295 e. The van der Waals surface area contributed by atoms with Crippen LogP contribution in [0.4, 0.5) is 0 Å². The molecule has 4 unspecified atom stereocenters. The highest BCUT2D eigenvalue weighted by molar-refractivity contribution is 6.78. The van der Waals surface area contributed by atoms with Crippen LogP contribution in [0.2, 0.25) is 22.2 Å². The second kappa shape index (κ2) is 8.26. The topological polar surface area (TPSA) is 35.5 Å². The van der Waals surface area contributed by atoms with Crippen LogP contribution in [0.15, 0.2) is 0 Å². The zero-order valence-corrected chi connectivity index (χ0v) is 19.5. The van der Waals surface area contributed by atoms with Crippen LogP contribution in [-0.2, 0) is 13.6 Å². The second-order valence-electron chi connectivity index (χ2n) is 9.47. The van der Waals surface area contributed by atoms with Gasteiger partial charge >= 0.3 is 0 Å². The van der Waals surface area contributed by atoms with Crippen molar-refractivity contribution in [3.05, 3.63) is 0 Å². The van der Waals surface area contributed by atoms with Crippen molar-refractivity contribution >= 4 is 24.0 Å². The Labute approximate surface area is 158 Å². The molecule has 0 aromatic rings. The molecular formula is C20H38O3Si2. The number of carbonyl (C=O) groups excluding carboxylic acids is 1. The fraction of sp³-hybridized carbons (Fsp3) is 0.950. The van der Waals surface area contributed by atoms with Crippen LogP contribution in [0.3, 0.4) is 0 Å². The van der Waals surface area contributed by atoms with E-state index in [1.165, 1.54) is 12.8 Å². The summed E-state index contributed by atoms with van der Waals surface area (Å²) >= 11 is 0. The zero-order chi connectivity index (χ0) is 18.9. The van der Waals surface area contributed by atoms with E-state index in [4.69, 9.17) is 8.85 Å². The maximum atomic E-state index is 13.2. The van der Waals surface area contributed by atoms with Gasteiger partial charge in [-0.05, 0) is 67.1 Å². The van der Waals surface area contributed by atoms with E-state index in [1.807, 2.05) is 0 Å². The first kappa shape index (κ1) is 21.2. The van der Waals surface area contributed by atoms with E-state index in [-0.39, 0.29) is 18.0 Å². The highest BCUT2D eigenvalue weighted by Crippen LogP contribution is 2.55. The van der Waals surface area contributed by atoms with Gasteiger partial charge in [0.1, 0.15) is 0 Å². The predicted molar refractivity (Wildman–Crippen MR) is 107 cm³/mol. The largest absolute Gasteiger partial charge is 0.518 e. The van der Waals surface area contributed by atoms with Gasteiger partial charge in [-0.2, -0.15) is 0 Å².